The second-order valence-electron chi connectivity index (χ2n) is 5.78. The van der Waals surface area contributed by atoms with Gasteiger partial charge in [-0.05, 0) is 36.8 Å². The van der Waals surface area contributed by atoms with E-state index in [1.807, 2.05) is 6.92 Å². The van der Waals surface area contributed by atoms with Crippen LogP contribution >= 0.6 is 11.6 Å². The van der Waals surface area contributed by atoms with Gasteiger partial charge in [0, 0.05) is 18.2 Å². The molecule has 0 atom stereocenters. The fraction of sp³-hybridized carbons (Fsp3) is 0.238. The van der Waals surface area contributed by atoms with E-state index in [4.69, 9.17) is 25.8 Å². The van der Waals surface area contributed by atoms with Crippen molar-refractivity contribution < 1.29 is 28.2 Å². The number of hydrogen-bond donors (Lipinski definition) is 1. The van der Waals surface area contributed by atoms with Crippen LogP contribution in [-0.4, -0.2) is 32.2 Å². The van der Waals surface area contributed by atoms with E-state index in [-0.39, 0.29) is 6.54 Å². The Morgan fingerprint density at radius 1 is 1.24 bits per heavy atom. The van der Waals surface area contributed by atoms with Gasteiger partial charge in [-0.25, -0.2) is 9.18 Å². The van der Waals surface area contributed by atoms with E-state index in [0.29, 0.717) is 34.3 Å². The molecule has 2 rings (SSSR count). The van der Waals surface area contributed by atoms with E-state index in [0.717, 1.165) is 6.08 Å². The van der Waals surface area contributed by atoms with Crippen LogP contribution in [0.2, 0.25) is 5.02 Å². The Morgan fingerprint density at radius 3 is 2.69 bits per heavy atom. The molecule has 2 aromatic rings. The molecule has 0 fully saturated rings. The van der Waals surface area contributed by atoms with Gasteiger partial charge in [0.1, 0.15) is 5.82 Å². The number of rotatable bonds is 9. The molecule has 2 aromatic carbocycles. The topological polar surface area (TPSA) is 73.9 Å². The summed E-state index contributed by atoms with van der Waals surface area (Å²) in [5, 5.41) is 2.81. The van der Waals surface area contributed by atoms with Crippen LogP contribution in [0.5, 0.6) is 11.5 Å². The number of nitrogens with one attached hydrogen (secondary N) is 1. The Labute approximate surface area is 173 Å². The molecule has 0 radical (unpaired) electrons. The van der Waals surface area contributed by atoms with Crippen molar-refractivity contribution in [2.75, 3.05) is 20.3 Å². The maximum atomic E-state index is 13.5. The molecule has 1 amide bonds. The molecule has 0 aliphatic carbocycles. The number of esters is 1. The van der Waals surface area contributed by atoms with Gasteiger partial charge in [0.15, 0.2) is 18.1 Å². The highest BCUT2D eigenvalue weighted by atomic mass is 35.5. The van der Waals surface area contributed by atoms with E-state index in [1.165, 1.54) is 19.3 Å². The summed E-state index contributed by atoms with van der Waals surface area (Å²) in [6.45, 7) is 1.77. The first-order valence-corrected chi connectivity index (χ1v) is 9.17. The largest absolute Gasteiger partial charge is 0.491 e. The highest BCUT2D eigenvalue weighted by Crippen LogP contribution is 2.36. The van der Waals surface area contributed by atoms with Crippen molar-refractivity contribution in [2.45, 2.75) is 13.5 Å². The molecule has 0 saturated carbocycles. The zero-order valence-corrected chi connectivity index (χ0v) is 16.8. The van der Waals surface area contributed by atoms with Crippen molar-refractivity contribution in [3.63, 3.8) is 0 Å². The zero-order chi connectivity index (χ0) is 21.2. The van der Waals surface area contributed by atoms with Crippen LogP contribution in [0.4, 0.5) is 4.39 Å². The first-order chi connectivity index (χ1) is 13.9. The standard InChI is InChI=1S/C21H21ClFNO5/c1-3-28-18-11-14(10-16(22)21(18)27-2)8-9-20(26)29-13-19(25)24-12-15-6-4-5-7-17(15)23/h4-11H,3,12-13H2,1-2H3,(H,24,25)/b9-8+. The summed E-state index contributed by atoms with van der Waals surface area (Å²) in [5.41, 5.74) is 0.939. The molecular weight excluding hydrogens is 401 g/mol. The van der Waals surface area contributed by atoms with Crippen LogP contribution in [0.15, 0.2) is 42.5 Å². The van der Waals surface area contributed by atoms with E-state index in [9.17, 15) is 14.0 Å². The van der Waals surface area contributed by atoms with E-state index in [1.54, 1.807) is 30.3 Å². The van der Waals surface area contributed by atoms with Crippen LogP contribution < -0.4 is 14.8 Å². The fourth-order valence-corrected chi connectivity index (χ4v) is 2.68. The maximum Gasteiger partial charge on any atom is 0.331 e. The molecule has 0 aromatic heterocycles. The summed E-state index contributed by atoms with van der Waals surface area (Å²) in [7, 11) is 1.48. The fourth-order valence-electron chi connectivity index (χ4n) is 2.38. The normalized spacial score (nSPS) is 10.6. The first-order valence-electron chi connectivity index (χ1n) is 8.79. The lowest BCUT2D eigenvalue weighted by atomic mass is 10.2. The average molecular weight is 422 g/mol. The predicted molar refractivity (Wildman–Crippen MR) is 107 cm³/mol. The second-order valence-corrected chi connectivity index (χ2v) is 6.18. The summed E-state index contributed by atoms with van der Waals surface area (Å²) in [4.78, 5) is 23.6. The Bertz CT molecular complexity index is 901. The van der Waals surface area contributed by atoms with Crippen molar-refractivity contribution in [2.24, 2.45) is 0 Å². The highest BCUT2D eigenvalue weighted by Gasteiger charge is 2.11. The van der Waals surface area contributed by atoms with Gasteiger partial charge in [-0.2, -0.15) is 0 Å². The number of carbonyl (C=O) groups is 2. The van der Waals surface area contributed by atoms with Gasteiger partial charge in [0.25, 0.3) is 5.91 Å². The number of halogens is 2. The van der Waals surface area contributed by atoms with Crippen LogP contribution in [-0.2, 0) is 20.9 Å². The van der Waals surface area contributed by atoms with Gasteiger partial charge in [-0.3, -0.25) is 4.79 Å². The molecule has 0 unspecified atom stereocenters. The lowest BCUT2D eigenvalue weighted by Crippen LogP contribution is -2.28. The molecule has 0 heterocycles. The number of methoxy groups -OCH3 is 1. The third kappa shape index (κ3) is 6.80. The van der Waals surface area contributed by atoms with Crippen LogP contribution in [0, 0.1) is 5.82 Å². The molecule has 0 aliphatic rings. The predicted octanol–water partition coefficient (Wildman–Crippen LogP) is 3.76. The highest BCUT2D eigenvalue weighted by molar-refractivity contribution is 6.32. The Balaban J connectivity index is 1.88. The molecule has 0 bridgehead atoms. The lowest BCUT2D eigenvalue weighted by Gasteiger charge is -2.11. The SMILES string of the molecule is CCOc1cc(/C=C/C(=O)OCC(=O)NCc2ccccc2F)cc(Cl)c1OC. The third-order valence-corrected chi connectivity index (χ3v) is 4.01. The van der Waals surface area contributed by atoms with E-state index in [2.05, 4.69) is 5.32 Å². The van der Waals surface area contributed by atoms with Gasteiger partial charge in [-0.1, -0.05) is 29.8 Å². The first kappa shape index (κ1) is 22.2. The van der Waals surface area contributed by atoms with Crippen molar-refractivity contribution >= 4 is 29.6 Å². The van der Waals surface area contributed by atoms with Crippen LogP contribution in [0.3, 0.4) is 0 Å². The van der Waals surface area contributed by atoms with Crippen molar-refractivity contribution in [1.29, 1.82) is 0 Å². The molecule has 1 N–H and O–H groups in total. The number of ether oxygens (including phenoxy) is 3. The minimum Gasteiger partial charge on any atom is -0.491 e. The lowest BCUT2D eigenvalue weighted by molar-refractivity contribution is -0.143. The molecule has 8 heteroatoms. The zero-order valence-electron chi connectivity index (χ0n) is 16.0. The number of amides is 1. The van der Waals surface area contributed by atoms with Gasteiger partial charge in [0.05, 0.1) is 18.7 Å². The molecule has 6 nitrogen and oxygen atoms in total. The average Bonchev–Trinajstić information content (AvgIpc) is 2.70. The maximum absolute atomic E-state index is 13.5. The minimum atomic E-state index is -0.712. The van der Waals surface area contributed by atoms with Gasteiger partial charge >= 0.3 is 5.97 Å². The smallest absolute Gasteiger partial charge is 0.331 e. The molecule has 154 valence electrons. The summed E-state index contributed by atoms with van der Waals surface area (Å²) in [6, 6.07) is 9.35. The van der Waals surface area contributed by atoms with E-state index < -0.39 is 24.3 Å². The number of hydrogen-bond acceptors (Lipinski definition) is 5. The summed E-state index contributed by atoms with van der Waals surface area (Å²) in [6.07, 6.45) is 2.64. The van der Waals surface area contributed by atoms with Gasteiger partial charge in [0.2, 0.25) is 0 Å². The van der Waals surface area contributed by atoms with Crippen LogP contribution in [0.25, 0.3) is 6.08 Å². The van der Waals surface area contributed by atoms with Gasteiger partial charge < -0.3 is 19.5 Å². The molecule has 0 saturated heterocycles. The Hall–Kier alpha value is -3.06. The third-order valence-electron chi connectivity index (χ3n) is 3.73. The monoisotopic (exact) mass is 421 g/mol. The van der Waals surface area contributed by atoms with Crippen LogP contribution in [0.1, 0.15) is 18.1 Å². The minimum absolute atomic E-state index is 0.00342. The van der Waals surface area contributed by atoms with Gasteiger partial charge in [-0.15, -0.1) is 0 Å². The summed E-state index contributed by atoms with van der Waals surface area (Å²) in [5.74, 6) is -0.822. The quantitative estimate of drug-likeness (QED) is 0.493. The summed E-state index contributed by atoms with van der Waals surface area (Å²) < 4.78 is 29.0. The van der Waals surface area contributed by atoms with E-state index >= 15 is 0 Å². The number of benzene rings is 2. The summed E-state index contributed by atoms with van der Waals surface area (Å²) >= 11 is 6.15. The number of carbonyl (C=O) groups excluding carboxylic acids is 2. The molecule has 0 spiro atoms. The Morgan fingerprint density at radius 2 is 2.00 bits per heavy atom. The Kier molecular flexibility index (Phi) is 8.48. The molecular formula is C21H21ClFNO5. The molecule has 0 aliphatic heterocycles. The molecule has 29 heavy (non-hydrogen) atoms. The van der Waals surface area contributed by atoms with Crippen molar-refractivity contribution in [1.82, 2.24) is 5.32 Å². The second kappa shape index (κ2) is 11.1. The van der Waals surface area contributed by atoms with Crippen molar-refractivity contribution in [3.05, 3.63) is 64.4 Å². The van der Waals surface area contributed by atoms with Crippen molar-refractivity contribution in [3.8, 4) is 11.5 Å².